The highest BCUT2D eigenvalue weighted by atomic mass is 32.1. The number of thiophene rings is 1. The lowest BCUT2D eigenvalue weighted by molar-refractivity contribution is 0.0347. The Labute approximate surface area is 143 Å². The minimum Gasteiger partial charge on any atom is -0.379 e. The standard InChI is InChI=1S/C17H29N3O2S/c1-4-18-17(19-10-13(2)16-6-5-9-23-16)20-14(3)11-22-15-7-8-21-12-15/h5-6,9,13-15H,4,7-8,10-12H2,1-3H3,(H2,18,19,20). The van der Waals surface area contributed by atoms with Crippen molar-refractivity contribution in [2.24, 2.45) is 4.99 Å². The van der Waals surface area contributed by atoms with Gasteiger partial charge in [-0.1, -0.05) is 13.0 Å². The van der Waals surface area contributed by atoms with Gasteiger partial charge in [-0.15, -0.1) is 11.3 Å². The fourth-order valence-electron chi connectivity index (χ4n) is 2.41. The van der Waals surface area contributed by atoms with E-state index in [1.54, 1.807) is 11.3 Å². The molecule has 0 radical (unpaired) electrons. The van der Waals surface area contributed by atoms with Gasteiger partial charge in [-0.25, -0.2) is 0 Å². The van der Waals surface area contributed by atoms with Crippen LogP contribution < -0.4 is 10.6 Å². The maximum Gasteiger partial charge on any atom is 0.191 e. The molecule has 6 heteroatoms. The molecule has 0 amide bonds. The molecule has 23 heavy (non-hydrogen) atoms. The van der Waals surface area contributed by atoms with E-state index < -0.39 is 0 Å². The quantitative estimate of drug-likeness (QED) is 0.565. The Hall–Kier alpha value is -1.11. The predicted molar refractivity (Wildman–Crippen MR) is 96.5 cm³/mol. The van der Waals surface area contributed by atoms with E-state index in [-0.39, 0.29) is 12.1 Å². The van der Waals surface area contributed by atoms with Crippen LogP contribution in [0.2, 0.25) is 0 Å². The van der Waals surface area contributed by atoms with E-state index in [2.05, 4.69) is 48.9 Å². The highest BCUT2D eigenvalue weighted by Gasteiger charge is 2.17. The first-order chi connectivity index (χ1) is 11.2. The molecule has 1 aromatic heterocycles. The van der Waals surface area contributed by atoms with E-state index in [0.29, 0.717) is 12.5 Å². The van der Waals surface area contributed by atoms with Crippen LogP contribution >= 0.6 is 11.3 Å². The lowest BCUT2D eigenvalue weighted by Crippen LogP contribution is -2.44. The second-order valence-electron chi connectivity index (χ2n) is 6.00. The van der Waals surface area contributed by atoms with Gasteiger partial charge in [0, 0.05) is 30.0 Å². The van der Waals surface area contributed by atoms with Gasteiger partial charge in [0.2, 0.25) is 0 Å². The van der Waals surface area contributed by atoms with Crippen LogP contribution in [0.25, 0.3) is 0 Å². The zero-order valence-electron chi connectivity index (χ0n) is 14.4. The Balaban J connectivity index is 1.77. The predicted octanol–water partition coefficient (Wildman–Crippen LogP) is 2.60. The molecule has 2 rings (SSSR count). The van der Waals surface area contributed by atoms with Crippen molar-refractivity contribution < 1.29 is 9.47 Å². The lowest BCUT2D eigenvalue weighted by atomic mass is 10.1. The summed E-state index contributed by atoms with van der Waals surface area (Å²) in [5.41, 5.74) is 0. The van der Waals surface area contributed by atoms with Crippen LogP contribution in [0.4, 0.5) is 0 Å². The Morgan fingerprint density at radius 3 is 3.04 bits per heavy atom. The van der Waals surface area contributed by atoms with Crippen molar-refractivity contribution in [1.82, 2.24) is 10.6 Å². The molecule has 2 N–H and O–H groups in total. The highest BCUT2D eigenvalue weighted by Crippen LogP contribution is 2.20. The van der Waals surface area contributed by atoms with Crippen molar-refractivity contribution in [2.75, 3.05) is 32.9 Å². The van der Waals surface area contributed by atoms with Crippen LogP contribution in [0.3, 0.4) is 0 Å². The average molecular weight is 340 g/mol. The number of nitrogens with one attached hydrogen (secondary N) is 2. The molecule has 0 aliphatic carbocycles. The Kier molecular flexibility index (Phi) is 7.85. The molecule has 2 heterocycles. The first-order valence-corrected chi connectivity index (χ1v) is 9.34. The van der Waals surface area contributed by atoms with Crippen LogP contribution in [0, 0.1) is 0 Å². The summed E-state index contributed by atoms with van der Waals surface area (Å²) < 4.78 is 11.2. The smallest absolute Gasteiger partial charge is 0.191 e. The van der Waals surface area contributed by atoms with Gasteiger partial charge in [-0.3, -0.25) is 4.99 Å². The van der Waals surface area contributed by atoms with Gasteiger partial charge >= 0.3 is 0 Å². The van der Waals surface area contributed by atoms with Crippen LogP contribution in [-0.2, 0) is 9.47 Å². The molecule has 1 saturated heterocycles. The molecule has 1 fully saturated rings. The highest BCUT2D eigenvalue weighted by molar-refractivity contribution is 7.10. The number of rotatable bonds is 8. The zero-order valence-corrected chi connectivity index (χ0v) is 15.2. The minimum atomic E-state index is 0.213. The third-order valence-electron chi connectivity index (χ3n) is 3.75. The fourth-order valence-corrected chi connectivity index (χ4v) is 3.19. The topological polar surface area (TPSA) is 54.9 Å². The van der Waals surface area contributed by atoms with Crippen LogP contribution in [0.1, 0.15) is 38.0 Å². The van der Waals surface area contributed by atoms with Crippen molar-refractivity contribution >= 4 is 17.3 Å². The minimum absolute atomic E-state index is 0.213. The lowest BCUT2D eigenvalue weighted by Gasteiger charge is -2.20. The molecule has 3 unspecified atom stereocenters. The van der Waals surface area contributed by atoms with E-state index in [4.69, 9.17) is 14.5 Å². The summed E-state index contributed by atoms with van der Waals surface area (Å²) in [6, 6.07) is 4.48. The molecular formula is C17H29N3O2S. The molecule has 3 atom stereocenters. The van der Waals surface area contributed by atoms with E-state index >= 15 is 0 Å². The number of ether oxygens (including phenoxy) is 2. The maximum absolute atomic E-state index is 5.86. The van der Waals surface area contributed by atoms with E-state index in [1.807, 2.05) is 0 Å². The third-order valence-corrected chi connectivity index (χ3v) is 4.85. The first-order valence-electron chi connectivity index (χ1n) is 8.46. The molecule has 1 aliphatic heterocycles. The molecule has 5 nitrogen and oxygen atoms in total. The van der Waals surface area contributed by atoms with Crippen molar-refractivity contribution in [2.45, 2.75) is 45.3 Å². The van der Waals surface area contributed by atoms with Crippen molar-refractivity contribution in [3.8, 4) is 0 Å². The second kappa shape index (κ2) is 9.90. The molecule has 1 aromatic rings. The normalized spacial score (nSPS) is 21.2. The largest absolute Gasteiger partial charge is 0.379 e. The van der Waals surface area contributed by atoms with Gasteiger partial charge < -0.3 is 20.1 Å². The van der Waals surface area contributed by atoms with Crippen LogP contribution in [-0.4, -0.2) is 51.0 Å². The molecule has 1 aliphatic rings. The van der Waals surface area contributed by atoms with Gasteiger partial charge in [0.15, 0.2) is 5.96 Å². The summed E-state index contributed by atoms with van der Waals surface area (Å²) >= 11 is 1.79. The number of aliphatic imine (C=N–C) groups is 1. The van der Waals surface area contributed by atoms with E-state index in [0.717, 1.165) is 38.7 Å². The molecule has 0 saturated carbocycles. The molecule has 130 valence electrons. The third kappa shape index (κ3) is 6.49. The summed E-state index contributed by atoms with van der Waals surface area (Å²) in [6.45, 7) is 10.2. The number of hydrogen-bond acceptors (Lipinski definition) is 4. The van der Waals surface area contributed by atoms with Crippen molar-refractivity contribution in [3.05, 3.63) is 22.4 Å². The van der Waals surface area contributed by atoms with Crippen LogP contribution in [0.5, 0.6) is 0 Å². The van der Waals surface area contributed by atoms with Gasteiger partial charge in [-0.2, -0.15) is 0 Å². The van der Waals surface area contributed by atoms with Crippen LogP contribution in [0.15, 0.2) is 22.5 Å². The molecular weight excluding hydrogens is 310 g/mol. The monoisotopic (exact) mass is 339 g/mol. The van der Waals surface area contributed by atoms with Gasteiger partial charge in [-0.05, 0) is 31.7 Å². The SMILES string of the molecule is CCNC(=NCC(C)c1cccs1)NC(C)COC1CCOC1. The summed E-state index contributed by atoms with van der Waals surface area (Å²) in [5, 5.41) is 8.84. The summed E-state index contributed by atoms with van der Waals surface area (Å²) in [6.07, 6.45) is 1.25. The molecule has 0 spiro atoms. The Bertz CT molecular complexity index is 458. The number of guanidine groups is 1. The number of hydrogen-bond donors (Lipinski definition) is 2. The summed E-state index contributed by atoms with van der Waals surface area (Å²) in [5.74, 6) is 1.29. The van der Waals surface area contributed by atoms with E-state index in [9.17, 15) is 0 Å². The van der Waals surface area contributed by atoms with E-state index in [1.165, 1.54) is 4.88 Å². The van der Waals surface area contributed by atoms with Crippen molar-refractivity contribution in [1.29, 1.82) is 0 Å². The zero-order chi connectivity index (χ0) is 16.5. The Morgan fingerprint density at radius 2 is 2.39 bits per heavy atom. The average Bonchev–Trinajstić information content (AvgIpc) is 3.23. The summed E-state index contributed by atoms with van der Waals surface area (Å²) in [4.78, 5) is 6.09. The Morgan fingerprint density at radius 1 is 1.52 bits per heavy atom. The number of nitrogens with zero attached hydrogens (tertiary/aromatic N) is 1. The maximum atomic E-state index is 5.86. The fraction of sp³-hybridized carbons (Fsp3) is 0.706. The molecule has 0 aromatic carbocycles. The van der Waals surface area contributed by atoms with Gasteiger partial charge in [0.25, 0.3) is 0 Å². The van der Waals surface area contributed by atoms with Crippen molar-refractivity contribution in [3.63, 3.8) is 0 Å². The second-order valence-corrected chi connectivity index (χ2v) is 6.98. The van der Waals surface area contributed by atoms with Gasteiger partial charge in [0.1, 0.15) is 0 Å². The summed E-state index contributed by atoms with van der Waals surface area (Å²) in [7, 11) is 0. The first kappa shape index (κ1) is 18.2. The molecule has 0 bridgehead atoms. The van der Waals surface area contributed by atoms with Gasteiger partial charge in [0.05, 0.1) is 25.9 Å².